The molecule has 0 radical (unpaired) electrons. The fraction of sp³-hybridized carbons (Fsp3) is 0.100. The van der Waals surface area contributed by atoms with Gasteiger partial charge in [0.15, 0.2) is 0 Å². The number of hydrogen-bond donors (Lipinski definition) is 2. The Kier molecular flexibility index (Phi) is 5.20. The second-order valence-electron chi connectivity index (χ2n) is 5.44. The number of aromatic nitrogens is 1. The molecule has 0 bridgehead atoms. The Hall–Kier alpha value is -3.14. The van der Waals surface area contributed by atoms with Crippen LogP contribution in [0.15, 0.2) is 85.2 Å². The van der Waals surface area contributed by atoms with Gasteiger partial charge in [-0.05, 0) is 28.8 Å². The first-order chi connectivity index (χ1) is 11.8. The number of carbonyl (C=O) groups is 1. The molecule has 1 heterocycles. The molecule has 0 fully saturated rings. The Bertz CT molecular complexity index is 721. The van der Waals surface area contributed by atoms with Crippen molar-refractivity contribution in [2.24, 2.45) is 0 Å². The molecule has 0 aliphatic rings. The van der Waals surface area contributed by atoms with Crippen molar-refractivity contribution >= 4 is 6.03 Å². The van der Waals surface area contributed by atoms with Crippen LogP contribution in [-0.2, 0) is 6.54 Å². The molecule has 120 valence electrons. The highest BCUT2D eigenvalue weighted by molar-refractivity contribution is 5.75. The summed E-state index contributed by atoms with van der Waals surface area (Å²) in [5, 5.41) is 5.95. The number of amides is 2. The fourth-order valence-corrected chi connectivity index (χ4v) is 2.52. The number of carbonyl (C=O) groups excluding carboxylic acids is 1. The Morgan fingerprint density at radius 3 is 2.08 bits per heavy atom. The molecule has 4 nitrogen and oxygen atoms in total. The molecule has 0 aliphatic heterocycles. The van der Waals surface area contributed by atoms with Gasteiger partial charge in [-0.25, -0.2) is 4.79 Å². The van der Waals surface area contributed by atoms with Crippen molar-refractivity contribution in [3.05, 3.63) is 102 Å². The highest BCUT2D eigenvalue weighted by Crippen LogP contribution is 2.21. The summed E-state index contributed by atoms with van der Waals surface area (Å²) in [7, 11) is 0. The van der Waals surface area contributed by atoms with Crippen LogP contribution in [0.3, 0.4) is 0 Å². The van der Waals surface area contributed by atoms with E-state index in [9.17, 15) is 4.79 Å². The number of benzene rings is 2. The van der Waals surface area contributed by atoms with Crippen LogP contribution in [0.2, 0.25) is 0 Å². The monoisotopic (exact) mass is 317 g/mol. The Labute approximate surface area is 141 Å². The van der Waals surface area contributed by atoms with Gasteiger partial charge in [0.25, 0.3) is 0 Å². The minimum Gasteiger partial charge on any atom is -0.334 e. The van der Waals surface area contributed by atoms with Crippen molar-refractivity contribution in [3.8, 4) is 0 Å². The van der Waals surface area contributed by atoms with Gasteiger partial charge in [0.2, 0.25) is 0 Å². The zero-order chi connectivity index (χ0) is 16.6. The van der Waals surface area contributed by atoms with E-state index < -0.39 is 0 Å². The smallest absolute Gasteiger partial charge is 0.315 e. The molecule has 0 saturated carbocycles. The summed E-state index contributed by atoms with van der Waals surface area (Å²) in [4.78, 5) is 16.4. The normalized spacial score (nSPS) is 11.5. The predicted molar refractivity (Wildman–Crippen MR) is 94.3 cm³/mol. The molecule has 4 heteroatoms. The second-order valence-corrected chi connectivity index (χ2v) is 5.44. The quantitative estimate of drug-likeness (QED) is 0.754. The largest absolute Gasteiger partial charge is 0.334 e. The molecule has 1 atom stereocenters. The highest BCUT2D eigenvalue weighted by Gasteiger charge is 2.16. The lowest BCUT2D eigenvalue weighted by atomic mass is 10.00. The summed E-state index contributed by atoms with van der Waals surface area (Å²) in [6.07, 6.45) is 3.46. The molecule has 2 aromatic carbocycles. The summed E-state index contributed by atoms with van der Waals surface area (Å²) < 4.78 is 0. The lowest BCUT2D eigenvalue weighted by molar-refractivity contribution is 0.238. The first kappa shape index (κ1) is 15.7. The van der Waals surface area contributed by atoms with Crippen LogP contribution in [0.5, 0.6) is 0 Å². The summed E-state index contributed by atoms with van der Waals surface area (Å²) in [5.41, 5.74) is 3.08. The van der Waals surface area contributed by atoms with E-state index in [-0.39, 0.29) is 12.1 Å². The van der Waals surface area contributed by atoms with Gasteiger partial charge in [0.1, 0.15) is 0 Å². The van der Waals surface area contributed by atoms with Crippen molar-refractivity contribution in [3.63, 3.8) is 0 Å². The molecular weight excluding hydrogens is 298 g/mol. The average Bonchev–Trinajstić information content (AvgIpc) is 2.67. The maximum absolute atomic E-state index is 12.3. The van der Waals surface area contributed by atoms with Gasteiger partial charge in [-0.3, -0.25) is 4.98 Å². The average molecular weight is 317 g/mol. The zero-order valence-corrected chi connectivity index (χ0v) is 13.2. The van der Waals surface area contributed by atoms with Crippen LogP contribution in [0.1, 0.15) is 22.7 Å². The molecule has 3 rings (SSSR count). The van der Waals surface area contributed by atoms with Gasteiger partial charge in [0, 0.05) is 18.9 Å². The highest BCUT2D eigenvalue weighted by atomic mass is 16.2. The van der Waals surface area contributed by atoms with Gasteiger partial charge >= 0.3 is 6.03 Å². The van der Waals surface area contributed by atoms with E-state index in [1.165, 1.54) is 0 Å². The van der Waals surface area contributed by atoms with E-state index in [0.29, 0.717) is 6.54 Å². The fourth-order valence-electron chi connectivity index (χ4n) is 2.52. The molecule has 0 saturated heterocycles. The third-order valence-electron chi connectivity index (χ3n) is 3.74. The van der Waals surface area contributed by atoms with Crippen LogP contribution < -0.4 is 10.6 Å². The second kappa shape index (κ2) is 7.92. The summed E-state index contributed by atoms with van der Waals surface area (Å²) in [6.45, 7) is 0.491. The lowest BCUT2D eigenvalue weighted by Crippen LogP contribution is -2.38. The number of urea groups is 1. The Morgan fingerprint density at radius 2 is 1.42 bits per heavy atom. The van der Waals surface area contributed by atoms with E-state index in [2.05, 4.69) is 15.6 Å². The molecule has 1 unspecified atom stereocenters. The van der Waals surface area contributed by atoms with Crippen molar-refractivity contribution < 1.29 is 4.79 Å². The molecule has 2 N–H and O–H groups in total. The van der Waals surface area contributed by atoms with Crippen molar-refractivity contribution in [2.75, 3.05) is 0 Å². The standard InChI is InChI=1S/C20H19N3O/c24-20(22-15-16-7-3-1-4-8-16)23-19(17-9-5-2-6-10-17)18-11-13-21-14-12-18/h1-14,19H,15H2,(H2,22,23,24). The molecular formula is C20H19N3O. The lowest BCUT2D eigenvalue weighted by Gasteiger charge is -2.20. The first-order valence-corrected chi connectivity index (χ1v) is 7.86. The van der Waals surface area contributed by atoms with Gasteiger partial charge in [-0.15, -0.1) is 0 Å². The van der Waals surface area contributed by atoms with E-state index in [4.69, 9.17) is 0 Å². The summed E-state index contributed by atoms with van der Waals surface area (Å²) >= 11 is 0. The molecule has 0 aliphatic carbocycles. The van der Waals surface area contributed by atoms with Crippen molar-refractivity contribution in [2.45, 2.75) is 12.6 Å². The van der Waals surface area contributed by atoms with E-state index >= 15 is 0 Å². The van der Waals surface area contributed by atoms with E-state index in [0.717, 1.165) is 16.7 Å². The number of pyridine rings is 1. The van der Waals surface area contributed by atoms with Crippen LogP contribution in [0.25, 0.3) is 0 Å². The van der Waals surface area contributed by atoms with Crippen LogP contribution >= 0.6 is 0 Å². The summed E-state index contributed by atoms with van der Waals surface area (Å²) in [5.74, 6) is 0. The van der Waals surface area contributed by atoms with Gasteiger partial charge < -0.3 is 10.6 Å². The predicted octanol–water partition coefficient (Wildman–Crippen LogP) is 3.67. The SMILES string of the molecule is O=C(NCc1ccccc1)NC(c1ccccc1)c1ccncc1. The Balaban J connectivity index is 1.71. The molecule has 3 aromatic rings. The third-order valence-corrected chi connectivity index (χ3v) is 3.74. The van der Waals surface area contributed by atoms with Crippen molar-refractivity contribution in [1.29, 1.82) is 0 Å². The Morgan fingerprint density at radius 1 is 0.833 bits per heavy atom. The summed E-state index contributed by atoms with van der Waals surface area (Å²) in [6, 6.07) is 23.1. The number of rotatable bonds is 5. The van der Waals surface area contributed by atoms with Gasteiger partial charge in [0.05, 0.1) is 6.04 Å². The maximum atomic E-state index is 12.3. The van der Waals surface area contributed by atoms with E-state index in [1.807, 2.05) is 72.8 Å². The van der Waals surface area contributed by atoms with Crippen LogP contribution in [-0.4, -0.2) is 11.0 Å². The zero-order valence-electron chi connectivity index (χ0n) is 13.2. The number of nitrogens with zero attached hydrogens (tertiary/aromatic N) is 1. The third kappa shape index (κ3) is 4.20. The van der Waals surface area contributed by atoms with Crippen LogP contribution in [0.4, 0.5) is 4.79 Å². The minimum absolute atomic E-state index is 0.204. The van der Waals surface area contributed by atoms with Crippen molar-refractivity contribution in [1.82, 2.24) is 15.6 Å². The molecule has 24 heavy (non-hydrogen) atoms. The number of nitrogens with one attached hydrogen (secondary N) is 2. The maximum Gasteiger partial charge on any atom is 0.315 e. The van der Waals surface area contributed by atoms with E-state index in [1.54, 1.807) is 12.4 Å². The number of hydrogen-bond acceptors (Lipinski definition) is 2. The molecule has 2 amide bonds. The molecule has 0 spiro atoms. The first-order valence-electron chi connectivity index (χ1n) is 7.86. The van der Waals surface area contributed by atoms with Crippen LogP contribution in [0, 0.1) is 0 Å². The minimum atomic E-state index is -0.218. The molecule has 1 aromatic heterocycles. The topological polar surface area (TPSA) is 54.0 Å². The van der Waals surface area contributed by atoms with Gasteiger partial charge in [-0.2, -0.15) is 0 Å². The van der Waals surface area contributed by atoms with Gasteiger partial charge in [-0.1, -0.05) is 60.7 Å².